The third kappa shape index (κ3) is 3.45. The average Bonchev–Trinajstić information content (AvgIpc) is 2.38. The summed E-state index contributed by atoms with van der Waals surface area (Å²) in [5.74, 6) is 0. The second-order valence-corrected chi connectivity index (χ2v) is 4.96. The topological polar surface area (TPSA) is 24.9 Å². The van der Waals surface area contributed by atoms with Crippen molar-refractivity contribution in [3.8, 4) is 0 Å². The third-order valence-electron chi connectivity index (χ3n) is 2.82. The van der Waals surface area contributed by atoms with E-state index in [2.05, 4.69) is 17.2 Å². The summed E-state index contributed by atoms with van der Waals surface area (Å²) in [4.78, 5) is 4.01. The summed E-state index contributed by atoms with van der Waals surface area (Å²) in [5.41, 5.74) is 2.25. The van der Waals surface area contributed by atoms with Gasteiger partial charge < -0.3 is 5.32 Å². The Morgan fingerprint density at radius 3 is 2.56 bits per heavy atom. The smallest absolute Gasteiger partial charge is 0.0465 e. The molecule has 0 fully saturated rings. The van der Waals surface area contributed by atoms with Crippen LogP contribution in [0.4, 0.5) is 0 Å². The molecule has 0 spiro atoms. The van der Waals surface area contributed by atoms with Crippen LogP contribution in [0.5, 0.6) is 0 Å². The van der Waals surface area contributed by atoms with Crippen LogP contribution in [-0.2, 0) is 6.54 Å². The van der Waals surface area contributed by atoms with E-state index in [1.165, 1.54) is 5.56 Å². The first kappa shape index (κ1) is 13.3. The minimum atomic E-state index is 0.250. The van der Waals surface area contributed by atoms with Crippen molar-refractivity contribution in [3.05, 3.63) is 63.9 Å². The van der Waals surface area contributed by atoms with Crippen molar-refractivity contribution >= 4 is 23.2 Å². The van der Waals surface area contributed by atoms with Crippen LogP contribution in [-0.4, -0.2) is 4.98 Å². The van der Waals surface area contributed by atoms with Crippen LogP contribution in [0.25, 0.3) is 0 Å². The first-order valence-corrected chi connectivity index (χ1v) is 6.49. The minimum absolute atomic E-state index is 0.250. The van der Waals surface area contributed by atoms with Gasteiger partial charge in [0.25, 0.3) is 0 Å². The van der Waals surface area contributed by atoms with Crippen LogP contribution in [0.2, 0.25) is 10.0 Å². The van der Waals surface area contributed by atoms with Gasteiger partial charge in [-0.05, 0) is 42.3 Å². The molecule has 18 heavy (non-hydrogen) atoms. The Morgan fingerprint density at radius 2 is 1.89 bits per heavy atom. The summed E-state index contributed by atoms with van der Waals surface area (Å²) in [7, 11) is 0. The number of halogens is 2. The van der Waals surface area contributed by atoms with Gasteiger partial charge in [-0.3, -0.25) is 4.98 Å². The minimum Gasteiger partial charge on any atom is -0.306 e. The molecule has 2 nitrogen and oxygen atoms in total. The second-order valence-electron chi connectivity index (χ2n) is 4.12. The lowest BCUT2D eigenvalue weighted by molar-refractivity contribution is 0.574. The van der Waals surface area contributed by atoms with Gasteiger partial charge in [0.05, 0.1) is 0 Å². The van der Waals surface area contributed by atoms with Crippen LogP contribution >= 0.6 is 23.2 Å². The maximum atomic E-state index is 6.12. The van der Waals surface area contributed by atoms with Crippen molar-refractivity contribution < 1.29 is 0 Å². The quantitative estimate of drug-likeness (QED) is 0.906. The van der Waals surface area contributed by atoms with E-state index in [9.17, 15) is 0 Å². The Kier molecular flexibility index (Phi) is 4.59. The van der Waals surface area contributed by atoms with Gasteiger partial charge in [0, 0.05) is 35.0 Å². The highest BCUT2D eigenvalue weighted by molar-refractivity contribution is 6.35. The van der Waals surface area contributed by atoms with Gasteiger partial charge >= 0.3 is 0 Å². The molecular weight excluding hydrogens is 267 g/mol. The van der Waals surface area contributed by atoms with Crippen molar-refractivity contribution in [3.63, 3.8) is 0 Å². The van der Waals surface area contributed by atoms with Gasteiger partial charge in [0.15, 0.2) is 0 Å². The van der Waals surface area contributed by atoms with Gasteiger partial charge in [-0.15, -0.1) is 0 Å². The first-order chi connectivity index (χ1) is 8.66. The van der Waals surface area contributed by atoms with E-state index in [0.717, 1.165) is 5.56 Å². The zero-order chi connectivity index (χ0) is 13.0. The molecule has 0 radical (unpaired) electrons. The fraction of sp³-hybridized carbons (Fsp3) is 0.214. The summed E-state index contributed by atoms with van der Waals surface area (Å²) >= 11 is 12.0. The number of rotatable bonds is 4. The van der Waals surface area contributed by atoms with Crippen molar-refractivity contribution in [2.24, 2.45) is 0 Å². The molecule has 94 valence electrons. The van der Waals surface area contributed by atoms with Gasteiger partial charge in [0.2, 0.25) is 0 Å². The van der Waals surface area contributed by atoms with Crippen LogP contribution in [0.1, 0.15) is 24.1 Å². The Balaban J connectivity index is 1.99. The normalized spacial score (nSPS) is 12.4. The molecule has 0 unspecified atom stereocenters. The van der Waals surface area contributed by atoms with Gasteiger partial charge in [-0.25, -0.2) is 0 Å². The summed E-state index contributed by atoms with van der Waals surface area (Å²) in [6.45, 7) is 2.82. The number of hydrogen-bond acceptors (Lipinski definition) is 2. The van der Waals surface area contributed by atoms with Crippen LogP contribution in [0.3, 0.4) is 0 Å². The highest BCUT2D eigenvalue weighted by atomic mass is 35.5. The zero-order valence-corrected chi connectivity index (χ0v) is 11.5. The molecule has 2 rings (SSSR count). The molecule has 0 aliphatic carbocycles. The standard InChI is InChI=1S/C14H14Cl2N2/c1-10(11-4-6-17-7-5-11)18-9-12-2-3-13(15)8-14(12)16/h2-8,10,18H,9H2,1H3/t10-/m0/s1. The fourth-order valence-corrected chi connectivity index (χ4v) is 2.17. The van der Waals surface area contributed by atoms with Crippen LogP contribution in [0.15, 0.2) is 42.7 Å². The Labute approximate surface area is 117 Å². The van der Waals surface area contributed by atoms with Crippen molar-refractivity contribution in [1.82, 2.24) is 10.3 Å². The van der Waals surface area contributed by atoms with Crippen LogP contribution < -0.4 is 5.32 Å². The predicted molar refractivity (Wildman–Crippen MR) is 76.0 cm³/mol. The van der Waals surface area contributed by atoms with Crippen LogP contribution in [0, 0.1) is 0 Å². The molecule has 2 aromatic rings. The molecule has 0 saturated carbocycles. The Bertz CT molecular complexity index is 514. The van der Waals surface area contributed by atoms with Crippen molar-refractivity contribution in [1.29, 1.82) is 0 Å². The maximum absolute atomic E-state index is 6.12. The number of aromatic nitrogens is 1. The van der Waals surface area contributed by atoms with Gasteiger partial charge in [-0.2, -0.15) is 0 Å². The summed E-state index contributed by atoms with van der Waals surface area (Å²) in [6.07, 6.45) is 3.59. The molecule has 0 amide bonds. The van der Waals surface area contributed by atoms with E-state index >= 15 is 0 Å². The van der Waals surface area contributed by atoms with E-state index in [0.29, 0.717) is 16.6 Å². The van der Waals surface area contributed by atoms with E-state index in [1.54, 1.807) is 18.5 Å². The van der Waals surface area contributed by atoms with E-state index in [1.807, 2.05) is 24.3 Å². The van der Waals surface area contributed by atoms with E-state index in [4.69, 9.17) is 23.2 Å². The summed E-state index contributed by atoms with van der Waals surface area (Å²) in [5, 5.41) is 4.77. The second kappa shape index (κ2) is 6.19. The molecule has 1 aromatic carbocycles. The number of pyridine rings is 1. The zero-order valence-electron chi connectivity index (χ0n) is 10.0. The maximum Gasteiger partial charge on any atom is 0.0465 e. The summed E-state index contributed by atoms with van der Waals surface area (Å²) in [6, 6.07) is 9.80. The van der Waals surface area contributed by atoms with E-state index < -0.39 is 0 Å². The first-order valence-electron chi connectivity index (χ1n) is 5.74. The molecule has 1 atom stereocenters. The third-order valence-corrected chi connectivity index (χ3v) is 3.41. The van der Waals surface area contributed by atoms with E-state index in [-0.39, 0.29) is 6.04 Å². The van der Waals surface area contributed by atoms with Gasteiger partial charge in [0.1, 0.15) is 0 Å². The van der Waals surface area contributed by atoms with Gasteiger partial charge in [-0.1, -0.05) is 29.3 Å². The monoisotopic (exact) mass is 280 g/mol. The number of nitrogens with zero attached hydrogens (tertiary/aromatic N) is 1. The predicted octanol–water partition coefficient (Wildman–Crippen LogP) is 4.24. The molecule has 1 heterocycles. The molecule has 4 heteroatoms. The number of nitrogens with one attached hydrogen (secondary N) is 1. The lowest BCUT2D eigenvalue weighted by atomic mass is 10.1. The molecule has 0 aliphatic rings. The highest BCUT2D eigenvalue weighted by Crippen LogP contribution is 2.21. The Hall–Kier alpha value is -1.09. The van der Waals surface area contributed by atoms with Crippen molar-refractivity contribution in [2.45, 2.75) is 19.5 Å². The molecule has 0 bridgehead atoms. The highest BCUT2D eigenvalue weighted by Gasteiger charge is 2.06. The molecule has 0 aliphatic heterocycles. The SMILES string of the molecule is C[C@H](NCc1ccc(Cl)cc1Cl)c1ccncc1. The fourth-order valence-electron chi connectivity index (χ4n) is 1.70. The lowest BCUT2D eigenvalue weighted by Gasteiger charge is -2.14. The Morgan fingerprint density at radius 1 is 1.17 bits per heavy atom. The van der Waals surface area contributed by atoms with Crippen molar-refractivity contribution in [2.75, 3.05) is 0 Å². The summed E-state index contributed by atoms with van der Waals surface area (Å²) < 4.78 is 0. The molecular formula is C14H14Cl2N2. The lowest BCUT2D eigenvalue weighted by Crippen LogP contribution is -2.18. The molecule has 1 aromatic heterocycles. The average molecular weight is 281 g/mol. The largest absolute Gasteiger partial charge is 0.306 e. The number of hydrogen-bond donors (Lipinski definition) is 1. The molecule has 1 N–H and O–H groups in total. The molecule has 0 saturated heterocycles. The number of benzene rings is 1.